The Morgan fingerprint density at radius 3 is 3.00 bits per heavy atom. The topological polar surface area (TPSA) is 76.2 Å². The number of ether oxygens (including phenoxy) is 2. The first kappa shape index (κ1) is 15.7. The van der Waals surface area contributed by atoms with Crippen LogP contribution in [-0.4, -0.2) is 41.4 Å². The van der Waals surface area contributed by atoms with Crippen molar-refractivity contribution in [1.82, 2.24) is 15.3 Å². The molecule has 3 rings (SSSR count). The predicted molar refractivity (Wildman–Crippen MR) is 88.1 cm³/mol. The lowest BCUT2D eigenvalue weighted by Gasteiger charge is -2.18. The zero-order chi connectivity index (χ0) is 15.9. The maximum Gasteiger partial charge on any atom is 0.220 e. The lowest BCUT2D eigenvalue weighted by Crippen LogP contribution is -2.25. The van der Waals surface area contributed by atoms with Gasteiger partial charge >= 0.3 is 0 Å². The van der Waals surface area contributed by atoms with Gasteiger partial charge in [0.1, 0.15) is 13.2 Å². The molecule has 2 N–H and O–H groups in total. The summed E-state index contributed by atoms with van der Waals surface area (Å²) < 4.78 is 11.0. The van der Waals surface area contributed by atoms with Crippen LogP contribution in [0, 0.1) is 0 Å². The van der Waals surface area contributed by atoms with E-state index >= 15 is 0 Å². The van der Waals surface area contributed by atoms with E-state index in [1.165, 1.54) is 0 Å². The first-order valence-electron chi connectivity index (χ1n) is 7.57. The molecule has 2 heterocycles. The van der Waals surface area contributed by atoms with Crippen LogP contribution in [0.25, 0.3) is 0 Å². The standard InChI is InChI=1S/C16H19N3O3S/c20-16(18-5-3-12-10-17-11-19-12)4-8-23-13-1-2-14-15(9-13)22-7-6-21-14/h1-2,9-11H,3-8H2,(H,17,19)(H,18,20). The quantitative estimate of drug-likeness (QED) is 0.758. The van der Waals surface area contributed by atoms with Crippen LogP contribution in [0.5, 0.6) is 11.5 Å². The highest BCUT2D eigenvalue weighted by Crippen LogP contribution is 2.34. The number of carbonyl (C=O) groups is 1. The van der Waals surface area contributed by atoms with Gasteiger partial charge in [-0.3, -0.25) is 4.79 Å². The molecule has 1 amide bonds. The summed E-state index contributed by atoms with van der Waals surface area (Å²) in [6.07, 6.45) is 4.66. The Morgan fingerprint density at radius 1 is 1.30 bits per heavy atom. The van der Waals surface area contributed by atoms with Gasteiger partial charge in [-0.05, 0) is 18.2 Å². The molecule has 2 aromatic rings. The van der Waals surface area contributed by atoms with Gasteiger partial charge in [-0.1, -0.05) is 0 Å². The van der Waals surface area contributed by atoms with E-state index in [4.69, 9.17) is 9.47 Å². The summed E-state index contributed by atoms with van der Waals surface area (Å²) in [4.78, 5) is 19.8. The van der Waals surface area contributed by atoms with Crippen LogP contribution in [0.3, 0.4) is 0 Å². The molecule has 0 fully saturated rings. The Labute approximate surface area is 139 Å². The number of benzene rings is 1. The molecule has 1 aliphatic heterocycles. The van der Waals surface area contributed by atoms with Gasteiger partial charge < -0.3 is 19.8 Å². The molecule has 0 spiro atoms. The minimum Gasteiger partial charge on any atom is -0.486 e. The molecular weight excluding hydrogens is 314 g/mol. The van der Waals surface area contributed by atoms with Gasteiger partial charge in [0.05, 0.1) is 6.33 Å². The number of imidazole rings is 1. The molecule has 0 bridgehead atoms. The molecule has 7 heteroatoms. The number of fused-ring (bicyclic) bond motifs is 1. The fraction of sp³-hybridized carbons (Fsp3) is 0.375. The third-order valence-corrected chi connectivity index (χ3v) is 4.38. The van der Waals surface area contributed by atoms with Crippen molar-refractivity contribution in [2.75, 3.05) is 25.5 Å². The Hall–Kier alpha value is -2.15. The van der Waals surface area contributed by atoms with E-state index in [1.54, 1.807) is 24.3 Å². The number of hydrogen-bond donors (Lipinski definition) is 2. The van der Waals surface area contributed by atoms with Crippen LogP contribution in [0.15, 0.2) is 35.6 Å². The molecule has 1 aliphatic rings. The van der Waals surface area contributed by atoms with Gasteiger partial charge in [-0.25, -0.2) is 4.98 Å². The van der Waals surface area contributed by atoms with Gasteiger partial charge in [0.2, 0.25) is 5.91 Å². The number of nitrogens with zero attached hydrogens (tertiary/aromatic N) is 1. The SMILES string of the molecule is O=C(CCSc1ccc2c(c1)OCCO2)NCCc1cnc[nH]1. The van der Waals surface area contributed by atoms with Gasteiger partial charge in [0.15, 0.2) is 11.5 Å². The van der Waals surface area contributed by atoms with E-state index in [9.17, 15) is 4.79 Å². The van der Waals surface area contributed by atoms with Crippen LogP contribution in [0.2, 0.25) is 0 Å². The van der Waals surface area contributed by atoms with E-state index in [2.05, 4.69) is 15.3 Å². The summed E-state index contributed by atoms with van der Waals surface area (Å²) in [6, 6.07) is 5.88. The monoisotopic (exact) mass is 333 g/mol. The molecular formula is C16H19N3O3S. The van der Waals surface area contributed by atoms with Crippen molar-refractivity contribution < 1.29 is 14.3 Å². The number of aromatic amines is 1. The van der Waals surface area contributed by atoms with Gasteiger partial charge in [-0.2, -0.15) is 0 Å². The summed E-state index contributed by atoms with van der Waals surface area (Å²) in [5.41, 5.74) is 1.02. The second-order valence-electron chi connectivity index (χ2n) is 5.08. The molecule has 0 saturated heterocycles. The highest BCUT2D eigenvalue weighted by Gasteiger charge is 2.12. The summed E-state index contributed by atoms with van der Waals surface area (Å²) >= 11 is 1.64. The lowest BCUT2D eigenvalue weighted by molar-refractivity contribution is -0.120. The smallest absolute Gasteiger partial charge is 0.220 e. The van der Waals surface area contributed by atoms with E-state index in [-0.39, 0.29) is 5.91 Å². The fourth-order valence-corrected chi connectivity index (χ4v) is 3.10. The minimum absolute atomic E-state index is 0.0644. The molecule has 0 atom stereocenters. The van der Waals surface area contributed by atoms with Crippen LogP contribution >= 0.6 is 11.8 Å². The number of H-pyrrole nitrogens is 1. The molecule has 0 radical (unpaired) electrons. The van der Waals surface area contributed by atoms with E-state index in [1.807, 2.05) is 18.2 Å². The first-order valence-corrected chi connectivity index (χ1v) is 8.56. The zero-order valence-electron chi connectivity index (χ0n) is 12.7. The lowest BCUT2D eigenvalue weighted by atomic mass is 10.3. The van der Waals surface area contributed by atoms with Crippen molar-refractivity contribution in [3.8, 4) is 11.5 Å². The molecule has 0 aliphatic carbocycles. The molecule has 6 nitrogen and oxygen atoms in total. The number of hydrogen-bond acceptors (Lipinski definition) is 5. The first-order chi connectivity index (χ1) is 11.3. The Balaban J connectivity index is 1.36. The second kappa shape index (κ2) is 7.92. The summed E-state index contributed by atoms with van der Waals surface area (Å²) in [7, 11) is 0. The zero-order valence-corrected chi connectivity index (χ0v) is 13.5. The van der Waals surface area contributed by atoms with E-state index in [0.29, 0.717) is 26.2 Å². The van der Waals surface area contributed by atoms with E-state index < -0.39 is 0 Å². The predicted octanol–water partition coefficient (Wildman–Crippen LogP) is 2.02. The van der Waals surface area contributed by atoms with Crippen LogP contribution in [0.4, 0.5) is 0 Å². The Kier molecular flexibility index (Phi) is 5.42. The Bertz CT molecular complexity index is 646. The molecule has 122 valence electrons. The highest BCUT2D eigenvalue weighted by atomic mass is 32.2. The molecule has 1 aromatic carbocycles. The largest absolute Gasteiger partial charge is 0.486 e. The molecule has 0 saturated carbocycles. The van der Waals surface area contributed by atoms with Crippen molar-refractivity contribution in [3.63, 3.8) is 0 Å². The highest BCUT2D eigenvalue weighted by molar-refractivity contribution is 7.99. The van der Waals surface area contributed by atoms with Crippen molar-refractivity contribution in [3.05, 3.63) is 36.4 Å². The summed E-state index contributed by atoms with van der Waals surface area (Å²) in [6.45, 7) is 1.80. The minimum atomic E-state index is 0.0644. The number of carbonyl (C=O) groups excluding carboxylic acids is 1. The Morgan fingerprint density at radius 2 is 2.17 bits per heavy atom. The molecule has 1 aromatic heterocycles. The number of rotatable bonds is 7. The second-order valence-corrected chi connectivity index (χ2v) is 6.25. The van der Waals surface area contributed by atoms with Crippen molar-refractivity contribution >= 4 is 17.7 Å². The summed E-state index contributed by atoms with van der Waals surface area (Å²) in [5.74, 6) is 2.37. The maximum atomic E-state index is 11.8. The average Bonchev–Trinajstić information content (AvgIpc) is 3.08. The number of nitrogens with one attached hydrogen (secondary N) is 2. The fourth-order valence-electron chi connectivity index (χ4n) is 2.22. The van der Waals surface area contributed by atoms with Crippen molar-refractivity contribution in [2.24, 2.45) is 0 Å². The van der Waals surface area contributed by atoms with Crippen LogP contribution in [-0.2, 0) is 11.2 Å². The third kappa shape index (κ3) is 4.66. The third-order valence-electron chi connectivity index (χ3n) is 3.38. The van der Waals surface area contributed by atoms with Gasteiger partial charge in [0, 0.05) is 41.9 Å². The van der Waals surface area contributed by atoms with E-state index in [0.717, 1.165) is 34.3 Å². The van der Waals surface area contributed by atoms with Crippen molar-refractivity contribution in [2.45, 2.75) is 17.7 Å². The number of thioether (sulfide) groups is 1. The van der Waals surface area contributed by atoms with Crippen LogP contribution in [0.1, 0.15) is 12.1 Å². The van der Waals surface area contributed by atoms with Gasteiger partial charge in [0.25, 0.3) is 0 Å². The van der Waals surface area contributed by atoms with Crippen molar-refractivity contribution in [1.29, 1.82) is 0 Å². The summed E-state index contributed by atoms with van der Waals surface area (Å²) in [5, 5.41) is 2.91. The van der Waals surface area contributed by atoms with Gasteiger partial charge in [-0.15, -0.1) is 11.8 Å². The molecule has 23 heavy (non-hydrogen) atoms. The van der Waals surface area contributed by atoms with Crippen LogP contribution < -0.4 is 14.8 Å². The molecule has 0 unspecified atom stereocenters. The maximum absolute atomic E-state index is 11.8. The number of amides is 1. The average molecular weight is 333 g/mol. The normalized spacial score (nSPS) is 12.9. The number of aromatic nitrogens is 2.